The number of nitrogens with two attached hydrogens (primary N) is 1. The minimum atomic E-state index is -3.57. The van der Waals surface area contributed by atoms with Crippen LogP contribution in [0.4, 0.5) is 5.69 Å². The maximum absolute atomic E-state index is 12.3. The lowest BCUT2D eigenvalue weighted by molar-refractivity contribution is 0.580. The van der Waals surface area contributed by atoms with Gasteiger partial charge in [0, 0.05) is 11.9 Å². The van der Waals surface area contributed by atoms with Gasteiger partial charge < -0.3 is 5.73 Å². The first-order chi connectivity index (χ1) is 9.94. The summed E-state index contributed by atoms with van der Waals surface area (Å²) in [5.41, 5.74) is 8.81. The van der Waals surface area contributed by atoms with Crippen molar-refractivity contribution in [1.82, 2.24) is 9.71 Å². The first kappa shape index (κ1) is 15.5. The van der Waals surface area contributed by atoms with E-state index in [-0.39, 0.29) is 11.4 Å². The molecule has 0 saturated carbocycles. The van der Waals surface area contributed by atoms with Gasteiger partial charge in [0.05, 0.1) is 17.1 Å². The Hall–Kier alpha value is -1.92. The quantitative estimate of drug-likeness (QED) is 0.828. The van der Waals surface area contributed by atoms with Crippen molar-refractivity contribution >= 4 is 15.7 Å². The molecule has 21 heavy (non-hydrogen) atoms. The topological polar surface area (TPSA) is 85.1 Å². The number of anilines is 1. The van der Waals surface area contributed by atoms with Gasteiger partial charge in [-0.3, -0.25) is 4.98 Å². The molecule has 0 spiro atoms. The Balaban J connectivity index is 2.20. The lowest BCUT2D eigenvalue weighted by Crippen LogP contribution is -2.24. The summed E-state index contributed by atoms with van der Waals surface area (Å²) in [4.78, 5) is 4.44. The van der Waals surface area contributed by atoms with Crippen LogP contribution in [0.25, 0.3) is 0 Å². The van der Waals surface area contributed by atoms with Crippen molar-refractivity contribution in [3.8, 4) is 0 Å². The van der Waals surface area contributed by atoms with Crippen LogP contribution in [0.2, 0.25) is 0 Å². The first-order valence-electron chi connectivity index (χ1n) is 6.72. The van der Waals surface area contributed by atoms with Crippen LogP contribution in [-0.2, 0) is 23.0 Å². The number of sulfonamides is 1. The lowest BCUT2D eigenvalue weighted by Gasteiger charge is -2.10. The predicted octanol–water partition coefficient (Wildman–Crippen LogP) is 2.01. The number of hydrogen-bond donors (Lipinski definition) is 2. The van der Waals surface area contributed by atoms with E-state index in [4.69, 9.17) is 5.73 Å². The van der Waals surface area contributed by atoms with Gasteiger partial charge in [-0.1, -0.05) is 13.0 Å². The summed E-state index contributed by atoms with van der Waals surface area (Å²) in [6.07, 6.45) is 2.47. The van der Waals surface area contributed by atoms with Crippen LogP contribution >= 0.6 is 0 Å². The summed E-state index contributed by atoms with van der Waals surface area (Å²) in [5.74, 6) is 0. The summed E-state index contributed by atoms with van der Waals surface area (Å²) in [6.45, 7) is 3.97. The van der Waals surface area contributed by atoms with Crippen LogP contribution in [0, 0.1) is 6.92 Å². The first-order valence-corrected chi connectivity index (χ1v) is 8.21. The second-order valence-electron chi connectivity index (χ2n) is 4.81. The van der Waals surface area contributed by atoms with Gasteiger partial charge in [-0.15, -0.1) is 0 Å². The number of nitrogen functional groups attached to an aromatic ring is 1. The molecule has 0 bridgehead atoms. The molecule has 0 aliphatic rings. The molecular weight excluding hydrogens is 286 g/mol. The third-order valence-electron chi connectivity index (χ3n) is 3.35. The maximum Gasteiger partial charge on any atom is 0.240 e. The summed E-state index contributed by atoms with van der Waals surface area (Å²) >= 11 is 0. The van der Waals surface area contributed by atoms with Gasteiger partial charge in [-0.2, -0.15) is 0 Å². The molecule has 0 amide bonds. The van der Waals surface area contributed by atoms with Crippen molar-refractivity contribution in [3.05, 3.63) is 53.3 Å². The average molecular weight is 305 g/mol. The Morgan fingerprint density at radius 3 is 2.71 bits per heavy atom. The minimum absolute atomic E-state index is 0.176. The van der Waals surface area contributed by atoms with E-state index in [0.717, 1.165) is 23.2 Å². The molecule has 0 aliphatic heterocycles. The zero-order valence-corrected chi connectivity index (χ0v) is 12.9. The number of nitrogens with zero attached hydrogens (tertiary/aromatic N) is 1. The van der Waals surface area contributed by atoms with E-state index in [2.05, 4.69) is 9.71 Å². The number of rotatable bonds is 5. The van der Waals surface area contributed by atoms with E-state index in [0.29, 0.717) is 5.69 Å². The van der Waals surface area contributed by atoms with Crippen LogP contribution in [0.5, 0.6) is 0 Å². The summed E-state index contributed by atoms with van der Waals surface area (Å²) in [6, 6.07) is 8.47. The Kier molecular flexibility index (Phi) is 4.59. The highest BCUT2D eigenvalue weighted by molar-refractivity contribution is 7.89. The van der Waals surface area contributed by atoms with Gasteiger partial charge in [0.15, 0.2) is 0 Å². The second-order valence-corrected chi connectivity index (χ2v) is 6.57. The third kappa shape index (κ3) is 3.59. The molecule has 1 heterocycles. The van der Waals surface area contributed by atoms with Crippen molar-refractivity contribution < 1.29 is 8.42 Å². The molecule has 0 radical (unpaired) electrons. The summed E-state index contributed by atoms with van der Waals surface area (Å²) in [5, 5.41) is 0. The van der Waals surface area contributed by atoms with Gasteiger partial charge in [0.1, 0.15) is 0 Å². The number of benzene rings is 1. The molecule has 1 aromatic carbocycles. The van der Waals surface area contributed by atoms with Crippen molar-refractivity contribution in [2.75, 3.05) is 5.73 Å². The summed E-state index contributed by atoms with van der Waals surface area (Å²) in [7, 11) is -3.57. The molecule has 112 valence electrons. The molecular formula is C15H19N3O2S. The zero-order chi connectivity index (χ0) is 15.5. The Labute approximate surface area is 125 Å². The van der Waals surface area contributed by atoms with Gasteiger partial charge in [-0.25, -0.2) is 13.1 Å². The van der Waals surface area contributed by atoms with E-state index in [1.807, 2.05) is 19.1 Å². The monoisotopic (exact) mass is 305 g/mol. The fourth-order valence-corrected chi connectivity index (χ4v) is 3.09. The van der Waals surface area contributed by atoms with Crippen LogP contribution in [-0.4, -0.2) is 13.4 Å². The number of nitrogens with one attached hydrogen (secondary N) is 1. The average Bonchev–Trinajstić information content (AvgIpc) is 2.48. The molecule has 3 N–H and O–H groups in total. The smallest absolute Gasteiger partial charge is 0.240 e. The van der Waals surface area contributed by atoms with E-state index in [1.54, 1.807) is 25.3 Å². The SMILES string of the molecule is CCc1cccnc1CNS(=O)(=O)c1ccc(N)c(C)c1. The van der Waals surface area contributed by atoms with E-state index in [9.17, 15) is 8.42 Å². The van der Waals surface area contributed by atoms with E-state index >= 15 is 0 Å². The molecule has 5 nitrogen and oxygen atoms in total. The Morgan fingerprint density at radius 1 is 1.29 bits per heavy atom. The van der Waals surface area contributed by atoms with Crippen molar-refractivity contribution in [2.45, 2.75) is 31.7 Å². The summed E-state index contributed by atoms with van der Waals surface area (Å²) < 4.78 is 27.2. The van der Waals surface area contributed by atoms with Gasteiger partial charge >= 0.3 is 0 Å². The fourth-order valence-electron chi connectivity index (χ4n) is 2.01. The standard InChI is InChI=1S/C15H19N3O2S/c1-3-12-5-4-8-17-15(12)10-18-21(19,20)13-6-7-14(16)11(2)9-13/h4-9,18H,3,10,16H2,1-2H3. The van der Waals surface area contributed by atoms with Crippen molar-refractivity contribution in [1.29, 1.82) is 0 Å². The lowest BCUT2D eigenvalue weighted by atomic mass is 10.1. The molecule has 0 fully saturated rings. The highest BCUT2D eigenvalue weighted by atomic mass is 32.2. The highest BCUT2D eigenvalue weighted by Crippen LogP contribution is 2.17. The molecule has 1 aromatic heterocycles. The number of hydrogen-bond acceptors (Lipinski definition) is 4. The van der Waals surface area contributed by atoms with E-state index in [1.165, 1.54) is 6.07 Å². The molecule has 0 unspecified atom stereocenters. The number of pyridine rings is 1. The van der Waals surface area contributed by atoms with Crippen LogP contribution < -0.4 is 10.5 Å². The third-order valence-corrected chi connectivity index (χ3v) is 4.75. The molecule has 0 saturated heterocycles. The number of aryl methyl sites for hydroxylation is 2. The van der Waals surface area contributed by atoms with Crippen LogP contribution in [0.1, 0.15) is 23.7 Å². The number of aromatic nitrogens is 1. The normalized spacial score (nSPS) is 11.5. The van der Waals surface area contributed by atoms with Gasteiger partial charge in [-0.05, 0) is 48.7 Å². The zero-order valence-electron chi connectivity index (χ0n) is 12.1. The van der Waals surface area contributed by atoms with Gasteiger partial charge in [0.2, 0.25) is 10.0 Å². The van der Waals surface area contributed by atoms with Crippen LogP contribution in [0.3, 0.4) is 0 Å². The Morgan fingerprint density at radius 2 is 2.05 bits per heavy atom. The minimum Gasteiger partial charge on any atom is -0.399 e. The maximum atomic E-state index is 12.3. The molecule has 2 aromatic rings. The molecule has 6 heteroatoms. The highest BCUT2D eigenvalue weighted by Gasteiger charge is 2.15. The van der Waals surface area contributed by atoms with Gasteiger partial charge in [0.25, 0.3) is 0 Å². The predicted molar refractivity (Wildman–Crippen MR) is 83.2 cm³/mol. The van der Waals surface area contributed by atoms with E-state index < -0.39 is 10.0 Å². The van der Waals surface area contributed by atoms with Crippen molar-refractivity contribution in [2.24, 2.45) is 0 Å². The Bertz CT molecular complexity index is 742. The molecule has 2 rings (SSSR count). The molecule has 0 aliphatic carbocycles. The second kappa shape index (κ2) is 6.24. The van der Waals surface area contributed by atoms with Crippen LogP contribution in [0.15, 0.2) is 41.4 Å². The fraction of sp³-hybridized carbons (Fsp3) is 0.267. The molecule has 0 atom stereocenters. The van der Waals surface area contributed by atoms with Crippen molar-refractivity contribution in [3.63, 3.8) is 0 Å². The largest absolute Gasteiger partial charge is 0.399 e.